The van der Waals surface area contributed by atoms with Crippen LogP contribution >= 0.6 is 0 Å². The molecule has 0 amide bonds. The molecule has 4 nitrogen and oxygen atoms in total. The van der Waals surface area contributed by atoms with Crippen LogP contribution in [-0.4, -0.2) is 11.1 Å². The lowest BCUT2D eigenvalue weighted by Gasteiger charge is -2.13. The van der Waals surface area contributed by atoms with E-state index in [1.807, 2.05) is 0 Å². The zero-order chi connectivity index (χ0) is 19.9. The molecule has 6 heteroatoms. The van der Waals surface area contributed by atoms with Gasteiger partial charge in [-0.25, -0.2) is 8.78 Å². The van der Waals surface area contributed by atoms with Gasteiger partial charge in [-0.1, -0.05) is 30.3 Å². The molecule has 0 aromatic heterocycles. The van der Waals surface area contributed by atoms with Crippen molar-refractivity contribution >= 4 is 5.97 Å². The van der Waals surface area contributed by atoms with Gasteiger partial charge >= 0.3 is 5.97 Å². The Hall–Kier alpha value is -3.41. The van der Waals surface area contributed by atoms with E-state index in [1.165, 1.54) is 24.3 Å². The van der Waals surface area contributed by atoms with Gasteiger partial charge in [0.15, 0.2) is 11.6 Å². The van der Waals surface area contributed by atoms with Crippen molar-refractivity contribution in [1.29, 1.82) is 0 Å². The molecule has 0 spiro atoms. The number of carboxylic acid groups (broad SMARTS) is 1. The number of hydrogen-bond donors (Lipinski definition) is 1. The van der Waals surface area contributed by atoms with Crippen molar-refractivity contribution < 1.29 is 28.2 Å². The van der Waals surface area contributed by atoms with Crippen molar-refractivity contribution in [3.8, 4) is 17.2 Å². The largest absolute Gasteiger partial charge is 0.486 e. The lowest BCUT2D eigenvalue weighted by Crippen LogP contribution is -2.01. The molecule has 0 radical (unpaired) electrons. The van der Waals surface area contributed by atoms with Crippen molar-refractivity contribution in [1.82, 2.24) is 0 Å². The molecule has 3 aromatic rings. The third-order valence-corrected chi connectivity index (χ3v) is 4.00. The number of benzene rings is 3. The summed E-state index contributed by atoms with van der Waals surface area (Å²) in [4.78, 5) is 10.6. The number of halogens is 2. The minimum atomic E-state index is -0.935. The molecule has 144 valence electrons. The van der Waals surface area contributed by atoms with Gasteiger partial charge in [0.05, 0.1) is 0 Å². The van der Waals surface area contributed by atoms with Gasteiger partial charge in [0, 0.05) is 18.1 Å². The second-order valence-corrected chi connectivity index (χ2v) is 6.11. The first-order valence-electron chi connectivity index (χ1n) is 8.65. The summed E-state index contributed by atoms with van der Waals surface area (Å²) in [5.74, 6) is -1.02. The van der Waals surface area contributed by atoms with Crippen molar-refractivity contribution in [2.45, 2.75) is 19.4 Å². The summed E-state index contributed by atoms with van der Waals surface area (Å²) in [6.45, 7) is 0.0525. The molecular formula is C22H18F2O4. The number of aryl methyl sites for hydroxylation is 1. The first-order valence-corrected chi connectivity index (χ1v) is 8.65. The van der Waals surface area contributed by atoms with Crippen LogP contribution in [0.15, 0.2) is 66.7 Å². The molecule has 0 aliphatic carbocycles. The van der Waals surface area contributed by atoms with Gasteiger partial charge in [-0.15, -0.1) is 0 Å². The molecular weight excluding hydrogens is 366 g/mol. The van der Waals surface area contributed by atoms with Gasteiger partial charge < -0.3 is 14.6 Å². The van der Waals surface area contributed by atoms with Crippen LogP contribution in [0, 0.1) is 11.6 Å². The Morgan fingerprint density at radius 3 is 2.50 bits per heavy atom. The maximum atomic E-state index is 14.2. The third kappa shape index (κ3) is 5.30. The predicted molar refractivity (Wildman–Crippen MR) is 99.6 cm³/mol. The Morgan fingerprint density at radius 1 is 0.929 bits per heavy atom. The van der Waals surface area contributed by atoms with Crippen LogP contribution in [0.1, 0.15) is 17.5 Å². The fraction of sp³-hybridized carbons (Fsp3) is 0.136. The number of para-hydroxylation sites is 1. The highest BCUT2D eigenvalue weighted by atomic mass is 19.1. The molecule has 0 aliphatic rings. The highest BCUT2D eigenvalue weighted by Crippen LogP contribution is 2.27. The summed E-state index contributed by atoms with van der Waals surface area (Å²) < 4.78 is 38.8. The predicted octanol–water partition coefficient (Wildman–Crippen LogP) is 5.35. The van der Waals surface area contributed by atoms with Gasteiger partial charge in [-0.05, 0) is 42.3 Å². The van der Waals surface area contributed by atoms with Crippen LogP contribution in [0.4, 0.5) is 8.78 Å². The molecule has 0 atom stereocenters. The maximum absolute atomic E-state index is 14.2. The SMILES string of the molecule is O=C(O)CCc1ccc(OCc2ccccc2Oc2cccc(F)c2)c(F)c1. The molecule has 1 N–H and O–H groups in total. The molecule has 3 rings (SSSR count). The third-order valence-electron chi connectivity index (χ3n) is 4.00. The standard InChI is InChI=1S/C22H18F2O4/c23-17-5-3-6-18(13-17)28-20-7-2-1-4-16(20)14-27-21-10-8-15(12-19(21)24)9-11-22(25)26/h1-8,10,12-13H,9,11,14H2,(H,25,26). The van der Waals surface area contributed by atoms with Gasteiger partial charge in [-0.2, -0.15) is 0 Å². The molecule has 0 aliphatic heterocycles. The van der Waals surface area contributed by atoms with E-state index in [1.54, 1.807) is 42.5 Å². The minimum absolute atomic E-state index is 0.0525. The molecule has 0 fully saturated rings. The monoisotopic (exact) mass is 384 g/mol. The lowest BCUT2D eigenvalue weighted by molar-refractivity contribution is -0.136. The fourth-order valence-corrected chi connectivity index (χ4v) is 2.60. The van der Waals surface area contributed by atoms with E-state index in [-0.39, 0.29) is 25.2 Å². The van der Waals surface area contributed by atoms with Crippen molar-refractivity contribution in [2.75, 3.05) is 0 Å². The number of carbonyl (C=O) groups is 1. The van der Waals surface area contributed by atoms with Crippen molar-refractivity contribution in [3.63, 3.8) is 0 Å². The molecule has 0 bridgehead atoms. The smallest absolute Gasteiger partial charge is 0.303 e. The lowest BCUT2D eigenvalue weighted by atomic mass is 10.1. The Bertz CT molecular complexity index is 972. The van der Waals surface area contributed by atoms with Crippen LogP contribution in [0.5, 0.6) is 17.2 Å². The van der Waals surface area contributed by atoms with Gasteiger partial charge in [0.1, 0.15) is 23.9 Å². The Morgan fingerprint density at radius 2 is 1.75 bits per heavy atom. The van der Waals surface area contributed by atoms with Crippen LogP contribution in [0.3, 0.4) is 0 Å². The number of hydrogen-bond acceptors (Lipinski definition) is 3. The normalized spacial score (nSPS) is 10.5. The summed E-state index contributed by atoms with van der Waals surface area (Å²) in [5.41, 5.74) is 1.25. The average molecular weight is 384 g/mol. The zero-order valence-electron chi connectivity index (χ0n) is 14.9. The van der Waals surface area contributed by atoms with Gasteiger partial charge in [-0.3, -0.25) is 4.79 Å². The van der Waals surface area contributed by atoms with Crippen LogP contribution in [0.25, 0.3) is 0 Å². The highest BCUT2D eigenvalue weighted by Gasteiger charge is 2.10. The molecule has 0 saturated heterocycles. The highest BCUT2D eigenvalue weighted by molar-refractivity contribution is 5.67. The first-order chi connectivity index (χ1) is 13.5. The molecule has 0 saturated carbocycles. The summed E-state index contributed by atoms with van der Waals surface area (Å²) in [6, 6.07) is 17.2. The molecule has 28 heavy (non-hydrogen) atoms. The second kappa shape index (κ2) is 8.99. The maximum Gasteiger partial charge on any atom is 0.303 e. The average Bonchev–Trinajstić information content (AvgIpc) is 2.67. The van der Waals surface area contributed by atoms with Crippen molar-refractivity contribution in [3.05, 3.63) is 89.5 Å². The first kappa shape index (κ1) is 19.4. The summed E-state index contributed by atoms with van der Waals surface area (Å²) in [5, 5.41) is 8.70. The second-order valence-electron chi connectivity index (χ2n) is 6.11. The van der Waals surface area contributed by atoms with Gasteiger partial charge in [0.25, 0.3) is 0 Å². The van der Waals surface area contributed by atoms with Gasteiger partial charge in [0.2, 0.25) is 0 Å². The van der Waals surface area contributed by atoms with E-state index in [0.29, 0.717) is 22.6 Å². The van der Waals surface area contributed by atoms with E-state index in [2.05, 4.69) is 0 Å². The Balaban J connectivity index is 1.69. The Kier molecular flexibility index (Phi) is 6.22. The molecule has 3 aromatic carbocycles. The van der Waals surface area contributed by atoms with E-state index >= 15 is 0 Å². The zero-order valence-corrected chi connectivity index (χ0v) is 14.9. The quantitative estimate of drug-likeness (QED) is 0.569. The summed E-state index contributed by atoms with van der Waals surface area (Å²) in [7, 11) is 0. The number of carboxylic acids is 1. The van der Waals surface area contributed by atoms with Crippen LogP contribution < -0.4 is 9.47 Å². The summed E-state index contributed by atoms with van der Waals surface area (Å²) >= 11 is 0. The fourth-order valence-electron chi connectivity index (χ4n) is 2.60. The number of aliphatic carboxylic acids is 1. The van der Waals surface area contributed by atoms with E-state index < -0.39 is 17.6 Å². The van der Waals surface area contributed by atoms with Crippen molar-refractivity contribution in [2.24, 2.45) is 0 Å². The van der Waals surface area contributed by atoms with E-state index in [9.17, 15) is 13.6 Å². The number of rotatable bonds is 8. The molecule has 0 heterocycles. The molecule has 0 unspecified atom stereocenters. The number of ether oxygens (including phenoxy) is 2. The minimum Gasteiger partial charge on any atom is -0.486 e. The van der Waals surface area contributed by atoms with Crippen LogP contribution in [-0.2, 0) is 17.8 Å². The van der Waals surface area contributed by atoms with Crippen LogP contribution in [0.2, 0.25) is 0 Å². The van der Waals surface area contributed by atoms with E-state index in [0.717, 1.165) is 0 Å². The Labute approximate surface area is 161 Å². The van der Waals surface area contributed by atoms with E-state index in [4.69, 9.17) is 14.6 Å². The summed E-state index contributed by atoms with van der Waals surface area (Å²) in [6.07, 6.45) is 0.182. The topological polar surface area (TPSA) is 55.8 Å².